The average molecular weight is 509 g/mol. The Labute approximate surface area is 218 Å². The number of piperidine rings is 1. The van der Waals surface area contributed by atoms with Gasteiger partial charge >= 0.3 is 5.69 Å². The van der Waals surface area contributed by atoms with Crippen LogP contribution in [0.3, 0.4) is 0 Å². The van der Waals surface area contributed by atoms with Crippen molar-refractivity contribution in [2.24, 2.45) is 5.41 Å². The van der Waals surface area contributed by atoms with Crippen LogP contribution in [0.2, 0.25) is 0 Å². The van der Waals surface area contributed by atoms with Crippen LogP contribution in [-0.2, 0) is 6.54 Å². The fourth-order valence-corrected chi connectivity index (χ4v) is 5.75. The Balaban J connectivity index is 1.21. The van der Waals surface area contributed by atoms with Gasteiger partial charge in [0, 0.05) is 18.8 Å². The lowest BCUT2D eigenvalue weighted by Gasteiger charge is -2.45. The molecule has 3 aromatic heterocycles. The molecule has 4 N–H and O–H groups in total. The van der Waals surface area contributed by atoms with Crippen molar-refractivity contribution in [3.63, 3.8) is 0 Å². The van der Waals surface area contributed by atoms with Crippen LogP contribution < -0.4 is 21.5 Å². The molecule has 0 atom stereocenters. The molecule has 0 bridgehead atoms. The topological polar surface area (TPSA) is 127 Å². The van der Waals surface area contributed by atoms with E-state index in [4.69, 9.17) is 10.5 Å². The first kappa shape index (κ1) is 25.5. The van der Waals surface area contributed by atoms with Gasteiger partial charge in [-0.05, 0) is 75.6 Å². The Kier molecular flexibility index (Phi) is 7.64. The number of rotatable bonds is 9. The molecule has 0 aromatic carbocycles. The van der Waals surface area contributed by atoms with Gasteiger partial charge in [0.05, 0.1) is 6.54 Å². The standard InChI is InChI=1S/C27H40N8O2/c1-3-5-14-29-25-32-23(28)22-24(33-25)35(26(36)31-22)18-19-6-7-21(30-17-19)37-20-8-10-27(11-9-20)12-15-34(4-2)16-13-27/h6-7,17,20H,3-5,8-16,18H2,1-2H3,(H,31,36)(H3,28,29,32,33). The maximum Gasteiger partial charge on any atom is 0.328 e. The third kappa shape index (κ3) is 5.74. The molecule has 3 aromatic rings. The van der Waals surface area contributed by atoms with Gasteiger partial charge in [-0.3, -0.25) is 4.57 Å². The minimum Gasteiger partial charge on any atom is -0.474 e. The van der Waals surface area contributed by atoms with E-state index in [1.54, 1.807) is 10.8 Å². The predicted molar refractivity (Wildman–Crippen MR) is 146 cm³/mol. The van der Waals surface area contributed by atoms with Crippen LogP contribution in [0.4, 0.5) is 11.8 Å². The van der Waals surface area contributed by atoms with Crippen molar-refractivity contribution in [1.29, 1.82) is 0 Å². The molecule has 2 aliphatic rings. The number of nitrogens with two attached hydrogens (primary N) is 1. The molecular weight excluding hydrogens is 468 g/mol. The summed E-state index contributed by atoms with van der Waals surface area (Å²) in [6, 6.07) is 3.86. The summed E-state index contributed by atoms with van der Waals surface area (Å²) >= 11 is 0. The molecule has 1 aliphatic carbocycles. The number of nitrogen functional groups attached to an aromatic ring is 1. The van der Waals surface area contributed by atoms with Crippen LogP contribution in [-0.4, -0.2) is 61.7 Å². The van der Waals surface area contributed by atoms with E-state index in [1.165, 1.54) is 38.8 Å². The molecule has 200 valence electrons. The molecule has 2 fully saturated rings. The zero-order valence-electron chi connectivity index (χ0n) is 22.1. The number of fused-ring (bicyclic) bond motifs is 1. The number of hydrogen-bond acceptors (Lipinski definition) is 8. The smallest absolute Gasteiger partial charge is 0.328 e. The van der Waals surface area contributed by atoms with Crippen molar-refractivity contribution in [2.45, 2.75) is 77.9 Å². The van der Waals surface area contributed by atoms with E-state index in [2.05, 4.69) is 44.0 Å². The van der Waals surface area contributed by atoms with Crippen LogP contribution in [0, 0.1) is 5.41 Å². The molecule has 10 heteroatoms. The Morgan fingerprint density at radius 1 is 1.16 bits per heavy atom. The number of likely N-dealkylation sites (tertiary alicyclic amines) is 1. The maximum atomic E-state index is 12.7. The molecule has 0 radical (unpaired) electrons. The summed E-state index contributed by atoms with van der Waals surface area (Å²) in [4.78, 5) is 31.4. The molecular formula is C27H40N8O2. The first-order valence-corrected chi connectivity index (χ1v) is 13.8. The second-order valence-corrected chi connectivity index (χ2v) is 10.7. The minimum absolute atomic E-state index is 0.225. The highest BCUT2D eigenvalue weighted by atomic mass is 16.5. The van der Waals surface area contributed by atoms with Gasteiger partial charge in [0.25, 0.3) is 0 Å². The van der Waals surface area contributed by atoms with Crippen molar-refractivity contribution in [3.8, 4) is 5.88 Å². The monoisotopic (exact) mass is 508 g/mol. The van der Waals surface area contributed by atoms with Gasteiger partial charge in [-0.25, -0.2) is 9.78 Å². The van der Waals surface area contributed by atoms with Crippen LogP contribution in [0.5, 0.6) is 5.88 Å². The fourth-order valence-electron chi connectivity index (χ4n) is 5.75. The summed E-state index contributed by atoms with van der Waals surface area (Å²) in [7, 11) is 0. The van der Waals surface area contributed by atoms with Gasteiger partial charge in [-0.2, -0.15) is 9.97 Å². The van der Waals surface area contributed by atoms with Crippen LogP contribution in [0.1, 0.15) is 70.8 Å². The van der Waals surface area contributed by atoms with E-state index in [9.17, 15) is 4.79 Å². The number of imidazole rings is 1. The van der Waals surface area contributed by atoms with Crippen molar-refractivity contribution >= 4 is 22.9 Å². The molecule has 1 spiro atoms. The molecule has 4 heterocycles. The number of unbranched alkanes of at least 4 members (excludes halogenated alkanes) is 1. The second-order valence-electron chi connectivity index (χ2n) is 10.7. The third-order valence-corrected chi connectivity index (χ3v) is 8.25. The number of pyridine rings is 1. The van der Waals surface area contributed by atoms with Crippen LogP contribution in [0.25, 0.3) is 11.2 Å². The summed E-state index contributed by atoms with van der Waals surface area (Å²) in [5.74, 6) is 1.33. The summed E-state index contributed by atoms with van der Waals surface area (Å²) in [6.45, 7) is 9.10. The van der Waals surface area contributed by atoms with Gasteiger partial charge in [0.2, 0.25) is 11.8 Å². The van der Waals surface area contributed by atoms with Crippen molar-refractivity contribution in [2.75, 3.05) is 37.2 Å². The number of ether oxygens (including phenoxy) is 1. The van der Waals surface area contributed by atoms with Crippen molar-refractivity contribution in [1.82, 2.24) is 29.4 Å². The molecule has 0 amide bonds. The number of aromatic nitrogens is 5. The fraction of sp³-hybridized carbons (Fsp3) is 0.630. The van der Waals surface area contributed by atoms with Gasteiger partial charge in [0.15, 0.2) is 11.5 Å². The van der Waals surface area contributed by atoms with Crippen LogP contribution in [0.15, 0.2) is 23.1 Å². The number of anilines is 2. The lowest BCUT2D eigenvalue weighted by molar-refractivity contribution is 0.0262. The first-order valence-electron chi connectivity index (χ1n) is 13.8. The quantitative estimate of drug-likeness (QED) is 0.373. The summed E-state index contributed by atoms with van der Waals surface area (Å²) < 4.78 is 7.82. The molecule has 5 rings (SSSR count). The number of aromatic amines is 1. The zero-order valence-corrected chi connectivity index (χ0v) is 22.1. The predicted octanol–water partition coefficient (Wildman–Crippen LogP) is 3.78. The summed E-state index contributed by atoms with van der Waals surface area (Å²) in [6.07, 6.45) is 11.4. The maximum absolute atomic E-state index is 12.7. The van der Waals surface area contributed by atoms with E-state index < -0.39 is 0 Å². The van der Waals surface area contributed by atoms with Gasteiger partial charge in [-0.15, -0.1) is 0 Å². The molecule has 1 saturated heterocycles. The number of hydrogen-bond donors (Lipinski definition) is 3. The van der Waals surface area contributed by atoms with E-state index in [-0.39, 0.29) is 17.6 Å². The van der Waals surface area contributed by atoms with Gasteiger partial charge in [0.1, 0.15) is 11.6 Å². The van der Waals surface area contributed by atoms with E-state index in [1.807, 2.05) is 12.1 Å². The second kappa shape index (κ2) is 11.1. The Morgan fingerprint density at radius 2 is 1.95 bits per heavy atom. The lowest BCUT2D eigenvalue weighted by Crippen LogP contribution is -2.43. The van der Waals surface area contributed by atoms with E-state index in [0.29, 0.717) is 35.0 Å². The number of nitrogens with zero attached hydrogens (tertiary/aromatic N) is 5. The third-order valence-electron chi connectivity index (χ3n) is 8.25. The lowest BCUT2D eigenvalue weighted by atomic mass is 9.67. The Morgan fingerprint density at radius 3 is 2.62 bits per heavy atom. The molecule has 37 heavy (non-hydrogen) atoms. The molecule has 10 nitrogen and oxygen atoms in total. The zero-order chi connectivity index (χ0) is 25.8. The minimum atomic E-state index is -0.275. The van der Waals surface area contributed by atoms with E-state index >= 15 is 0 Å². The molecule has 1 aliphatic heterocycles. The number of nitrogens with one attached hydrogen (secondary N) is 2. The number of H-pyrrole nitrogens is 1. The Hall–Kier alpha value is -3.14. The van der Waals surface area contributed by atoms with Crippen molar-refractivity contribution < 1.29 is 4.74 Å². The van der Waals surface area contributed by atoms with Crippen molar-refractivity contribution in [3.05, 3.63) is 34.4 Å². The largest absolute Gasteiger partial charge is 0.474 e. The van der Waals surface area contributed by atoms with Crippen LogP contribution >= 0.6 is 0 Å². The highest BCUT2D eigenvalue weighted by Gasteiger charge is 2.38. The summed E-state index contributed by atoms with van der Waals surface area (Å²) in [5, 5.41) is 3.19. The highest BCUT2D eigenvalue weighted by molar-refractivity contribution is 5.82. The average Bonchev–Trinajstić information content (AvgIpc) is 3.23. The van der Waals surface area contributed by atoms with E-state index in [0.717, 1.165) is 44.3 Å². The molecule has 1 saturated carbocycles. The normalized spacial score (nSPS) is 18.4. The van der Waals surface area contributed by atoms with Gasteiger partial charge < -0.3 is 25.7 Å². The highest BCUT2D eigenvalue weighted by Crippen LogP contribution is 2.45. The SMILES string of the molecule is CCCCNc1nc(N)c2[nH]c(=O)n(Cc3ccc(OC4CCC5(CC4)CCN(CC)CC5)nc3)c2n1. The Bertz CT molecular complexity index is 1230. The van der Waals surface area contributed by atoms with Gasteiger partial charge in [-0.1, -0.05) is 26.3 Å². The summed E-state index contributed by atoms with van der Waals surface area (Å²) in [5.41, 5.74) is 8.17. The molecule has 0 unspecified atom stereocenters. The first-order chi connectivity index (χ1) is 18.0.